The minimum Gasteiger partial charge on any atom is -0.442 e. The maximum atomic E-state index is 11.9. The molecule has 0 aromatic heterocycles. The fourth-order valence-electron chi connectivity index (χ4n) is 1.46. The number of carbonyl (C=O) groups excluding carboxylic acids is 2. The summed E-state index contributed by atoms with van der Waals surface area (Å²) in [7, 11) is -6.74. The number of carbonyl (C=O) groups is 2. The molecule has 122 valence electrons. The summed E-state index contributed by atoms with van der Waals surface area (Å²) in [5.74, 6) is -1.61. The maximum absolute atomic E-state index is 11.9. The monoisotopic (exact) mass is 366 g/mol. The summed E-state index contributed by atoms with van der Waals surface area (Å²) in [5.41, 5.74) is -0.402. The van der Waals surface area contributed by atoms with Crippen LogP contribution in [-0.4, -0.2) is 51.6 Å². The van der Waals surface area contributed by atoms with Gasteiger partial charge in [-0.1, -0.05) is 0 Å². The van der Waals surface area contributed by atoms with E-state index in [0.29, 0.717) is 0 Å². The van der Waals surface area contributed by atoms with Crippen molar-refractivity contribution in [3.05, 3.63) is 29.3 Å². The summed E-state index contributed by atoms with van der Waals surface area (Å²) in [6.45, 7) is 6.73. The Labute approximate surface area is 131 Å². The van der Waals surface area contributed by atoms with E-state index in [1.807, 2.05) is 0 Å². The van der Waals surface area contributed by atoms with Gasteiger partial charge in [0.05, 0.1) is 27.4 Å². The van der Waals surface area contributed by atoms with Gasteiger partial charge < -0.3 is 9.05 Å². The zero-order valence-corrected chi connectivity index (χ0v) is 15.0. The predicted octanol–water partition coefficient (Wildman–Crippen LogP) is 2.56. The third-order valence-electron chi connectivity index (χ3n) is 2.25. The van der Waals surface area contributed by atoms with E-state index in [1.54, 1.807) is 26.7 Å². The average Bonchev–Trinajstić information content (AvgIpc) is 2.35. The minimum atomic E-state index is -4.69. The van der Waals surface area contributed by atoms with Gasteiger partial charge in [-0.2, -0.15) is 8.42 Å². The zero-order valence-electron chi connectivity index (χ0n) is 12.4. The van der Waals surface area contributed by atoms with Crippen LogP contribution in [0.2, 0.25) is 0 Å². The second-order valence-electron chi connectivity index (χ2n) is 4.57. The van der Waals surface area contributed by atoms with E-state index in [1.165, 1.54) is 6.07 Å². The molecule has 0 unspecified atom stereocenters. The molecule has 0 atom stereocenters. The molecule has 0 spiro atoms. The van der Waals surface area contributed by atoms with Gasteiger partial charge in [0.25, 0.3) is 10.1 Å². The van der Waals surface area contributed by atoms with Crippen LogP contribution in [0.25, 0.3) is 0 Å². The number of benzene rings is 1. The van der Waals surface area contributed by atoms with Crippen LogP contribution < -0.4 is 0 Å². The summed E-state index contributed by atoms with van der Waals surface area (Å²) in [4.78, 5) is 23.0. The highest BCUT2D eigenvalue weighted by molar-refractivity contribution is 7.86. The van der Waals surface area contributed by atoms with E-state index in [0.717, 1.165) is 12.1 Å². The summed E-state index contributed by atoms with van der Waals surface area (Å²) in [5, 5.41) is 0. The fraction of sp³-hybridized carbons (Fsp3) is 0.333. The first-order chi connectivity index (χ1) is 10.0. The van der Waals surface area contributed by atoms with Crippen LogP contribution in [0.5, 0.6) is 0 Å². The summed E-state index contributed by atoms with van der Waals surface area (Å²) >= 11 is 0. The van der Waals surface area contributed by atoms with Crippen LogP contribution in [0.15, 0.2) is 23.1 Å². The highest BCUT2D eigenvalue weighted by Gasteiger charge is 2.24. The average molecular weight is 366 g/mol. The first-order valence-electron chi connectivity index (χ1n) is 5.93. The van der Waals surface area contributed by atoms with E-state index in [-0.39, 0.29) is 11.1 Å². The lowest BCUT2D eigenvalue weighted by molar-refractivity contribution is 0.0738. The molecule has 1 N–H and O–H groups in total. The molecule has 0 fully saturated rings. The summed E-state index contributed by atoms with van der Waals surface area (Å²) in [6, 6.07) is 3.27. The van der Waals surface area contributed by atoms with Gasteiger partial charge >= 0.3 is 11.9 Å². The topological polar surface area (TPSA) is 107 Å². The molecule has 1 aromatic rings. The Morgan fingerprint density at radius 1 is 1.00 bits per heavy atom. The molecule has 22 heavy (non-hydrogen) atoms. The van der Waals surface area contributed by atoms with Crippen molar-refractivity contribution in [3.8, 4) is 0 Å². The lowest BCUT2D eigenvalue weighted by Gasteiger charge is -2.12. The van der Waals surface area contributed by atoms with Crippen LogP contribution >= 0.6 is 16.3 Å². The van der Waals surface area contributed by atoms with E-state index >= 15 is 0 Å². The van der Waals surface area contributed by atoms with Gasteiger partial charge in [-0.3, -0.25) is 4.55 Å². The van der Waals surface area contributed by atoms with Gasteiger partial charge in [0, 0.05) is 0 Å². The Balaban J connectivity index is 3.32. The van der Waals surface area contributed by atoms with Crippen molar-refractivity contribution in [2.45, 2.75) is 4.90 Å². The lowest BCUT2D eigenvalue weighted by atomic mass is 10.1. The molecule has 0 bridgehead atoms. The van der Waals surface area contributed by atoms with Crippen molar-refractivity contribution in [2.24, 2.45) is 0 Å². The molecule has 1 rings (SSSR count). The quantitative estimate of drug-likeness (QED) is 0.630. The van der Waals surface area contributed by atoms with Crippen molar-refractivity contribution in [2.75, 3.05) is 26.7 Å². The number of hydrogen-bond acceptors (Lipinski definition) is 6. The molecule has 0 aliphatic rings. The lowest BCUT2D eigenvalue weighted by Crippen LogP contribution is -2.12. The summed E-state index contributed by atoms with van der Waals surface area (Å²) in [6.07, 6.45) is 0. The third kappa shape index (κ3) is 5.29. The Kier molecular flexibility index (Phi) is 6.44. The second kappa shape index (κ2) is 7.47. The van der Waals surface area contributed by atoms with Gasteiger partial charge in [0.1, 0.15) is 4.90 Å². The predicted molar refractivity (Wildman–Crippen MR) is 84.6 cm³/mol. The maximum Gasteiger partial charge on any atom is 0.342 e. The van der Waals surface area contributed by atoms with Crippen LogP contribution in [0.4, 0.5) is 0 Å². The Morgan fingerprint density at radius 3 is 1.95 bits per heavy atom. The highest BCUT2D eigenvalue weighted by Crippen LogP contribution is 2.31. The van der Waals surface area contributed by atoms with Gasteiger partial charge in [-0.05, 0) is 44.9 Å². The second-order valence-corrected chi connectivity index (χ2v) is 9.57. The normalized spacial score (nSPS) is 11.6. The molecular weight excluding hydrogens is 350 g/mol. The van der Waals surface area contributed by atoms with Crippen LogP contribution in [0.1, 0.15) is 20.7 Å². The largest absolute Gasteiger partial charge is 0.442 e. The fourth-order valence-corrected chi connectivity index (χ4v) is 3.04. The van der Waals surface area contributed by atoms with E-state index in [2.05, 4.69) is 0 Å². The van der Waals surface area contributed by atoms with Crippen molar-refractivity contribution in [1.29, 1.82) is 0 Å². The first-order valence-corrected chi connectivity index (χ1v) is 11.7. The zero-order chi connectivity index (χ0) is 17.1. The van der Waals surface area contributed by atoms with Crippen molar-refractivity contribution < 1.29 is 31.6 Å². The SMILES string of the molecule is CP(C)OC(=O)c1ccc(C(=O)OP(C)C)c(S(=O)(=O)O)c1. The highest BCUT2D eigenvalue weighted by atomic mass is 32.2. The standard InChI is InChI=1S/C12H16O7P2S/c1-20(2)18-11(13)8-5-6-9(12(14)19-21(3)4)10(7-8)22(15,16)17/h5-7H,1-4H3,(H,15,16,17). The van der Waals surface area contributed by atoms with Gasteiger partial charge in [-0.15, -0.1) is 0 Å². The molecule has 10 heteroatoms. The number of hydrogen-bond donors (Lipinski definition) is 1. The molecule has 0 radical (unpaired) electrons. The molecular formula is C12H16O7P2S. The molecule has 0 aliphatic carbocycles. The molecule has 0 amide bonds. The van der Waals surface area contributed by atoms with Crippen molar-refractivity contribution in [3.63, 3.8) is 0 Å². The van der Waals surface area contributed by atoms with E-state index < -0.39 is 43.2 Å². The van der Waals surface area contributed by atoms with E-state index in [4.69, 9.17) is 9.05 Å². The van der Waals surface area contributed by atoms with Crippen molar-refractivity contribution in [1.82, 2.24) is 0 Å². The molecule has 1 aromatic carbocycles. The smallest absolute Gasteiger partial charge is 0.342 e. The number of rotatable bonds is 5. The third-order valence-corrected chi connectivity index (χ3v) is 4.20. The van der Waals surface area contributed by atoms with Crippen LogP contribution in [0, 0.1) is 0 Å². The molecule has 0 saturated carbocycles. The first kappa shape index (κ1) is 19.0. The van der Waals surface area contributed by atoms with Gasteiger partial charge in [-0.25, -0.2) is 9.59 Å². The molecule has 0 aliphatic heterocycles. The Hall–Kier alpha value is -1.07. The molecule has 0 heterocycles. The Bertz CT molecular complexity index is 683. The van der Waals surface area contributed by atoms with E-state index in [9.17, 15) is 22.6 Å². The van der Waals surface area contributed by atoms with Crippen LogP contribution in [-0.2, 0) is 19.2 Å². The Morgan fingerprint density at radius 2 is 1.50 bits per heavy atom. The summed E-state index contributed by atoms with van der Waals surface area (Å²) < 4.78 is 42.1. The van der Waals surface area contributed by atoms with Gasteiger partial charge in [0.15, 0.2) is 0 Å². The minimum absolute atomic E-state index is 0.0735. The van der Waals surface area contributed by atoms with Crippen molar-refractivity contribution >= 4 is 38.4 Å². The van der Waals surface area contributed by atoms with Gasteiger partial charge in [0.2, 0.25) is 0 Å². The molecule has 0 saturated heterocycles. The molecule has 7 nitrogen and oxygen atoms in total. The van der Waals surface area contributed by atoms with Crippen LogP contribution in [0.3, 0.4) is 0 Å².